The van der Waals surface area contributed by atoms with Crippen molar-refractivity contribution in [3.05, 3.63) is 36.2 Å². The molecule has 0 radical (unpaired) electrons. The molecule has 2 heterocycles. The van der Waals surface area contributed by atoms with Gasteiger partial charge in [0.15, 0.2) is 0 Å². The molecule has 2 N–H and O–H groups in total. The number of nitrogens with zero attached hydrogens (tertiary/aromatic N) is 1. The fourth-order valence-corrected chi connectivity index (χ4v) is 3.95. The molecule has 28 heavy (non-hydrogen) atoms. The number of nitrogens with one attached hydrogen (secondary N) is 2. The molecule has 1 saturated carbocycles. The van der Waals surface area contributed by atoms with Gasteiger partial charge in [0.25, 0.3) is 5.91 Å². The maximum Gasteiger partial charge on any atom is 0.416 e. The van der Waals surface area contributed by atoms with Gasteiger partial charge < -0.3 is 5.32 Å². The Morgan fingerprint density at radius 2 is 1.93 bits per heavy atom. The predicted octanol–water partition coefficient (Wildman–Crippen LogP) is 3.31. The maximum absolute atomic E-state index is 12.9. The van der Waals surface area contributed by atoms with E-state index in [2.05, 4.69) is 10.6 Å². The van der Waals surface area contributed by atoms with Crippen LogP contribution in [0.1, 0.15) is 36.5 Å². The van der Waals surface area contributed by atoms with E-state index in [1.165, 1.54) is 23.0 Å². The van der Waals surface area contributed by atoms with Gasteiger partial charge >= 0.3 is 12.2 Å². The first-order valence-electron chi connectivity index (χ1n) is 8.97. The van der Waals surface area contributed by atoms with Gasteiger partial charge in [0.2, 0.25) is 5.91 Å². The number of hydrogen-bond acceptors (Lipinski definition) is 3. The summed E-state index contributed by atoms with van der Waals surface area (Å²) >= 11 is 0. The quantitative estimate of drug-likeness (QED) is 0.782. The molecule has 0 bridgehead atoms. The number of rotatable bonds is 4. The number of amides is 3. The lowest BCUT2D eigenvalue weighted by atomic mass is 9.83. The largest absolute Gasteiger partial charge is 0.416 e. The number of fused-ring (bicyclic) bond motifs is 1. The lowest BCUT2D eigenvalue weighted by Crippen LogP contribution is -2.51. The van der Waals surface area contributed by atoms with Gasteiger partial charge in [-0.05, 0) is 42.7 Å². The number of hydrogen-bond donors (Lipinski definition) is 2. The summed E-state index contributed by atoms with van der Waals surface area (Å²) in [4.78, 5) is 36.8. The first-order chi connectivity index (χ1) is 13.1. The minimum atomic E-state index is -4.46. The van der Waals surface area contributed by atoms with E-state index in [1.54, 1.807) is 6.92 Å². The highest BCUT2D eigenvalue weighted by molar-refractivity contribution is 6.07. The normalized spacial score (nSPS) is 23.6. The number of aromatic nitrogens is 1. The minimum absolute atomic E-state index is 0.00715. The lowest BCUT2D eigenvalue weighted by molar-refractivity contribution is -0.137. The molecule has 1 aliphatic heterocycles. The number of imide groups is 1. The number of carbonyl (C=O) groups excluding carboxylic acids is 3. The van der Waals surface area contributed by atoms with Gasteiger partial charge in [-0.2, -0.15) is 13.2 Å². The first-order valence-corrected chi connectivity index (χ1v) is 8.97. The zero-order chi connectivity index (χ0) is 20.3. The highest BCUT2D eigenvalue weighted by Gasteiger charge is 2.56. The molecule has 6 nitrogen and oxygen atoms in total. The number of alkyl halides is 3. The van der Waals surface area contributed by atoms with Crippen LogP contribution in [0.4, 0.5) is 18.0 Å². The van der Waals surface area contributed by atoms with Crippen molar-refractivity contribution in [1.82, 2.24) is 15.2 Å². The van der Waals surface area contributed by atoms with Crippen LogP contribution in [0.3, 0.4) is 0 Å². The molecule has 1 aromatic carbocycles. The van der Waals surface area contributed by atoms with Gasteiger partial charge in [0.1, 0.15) is 5.54 Å². The van der Waals surface area contributed by atoms with E-state index < -0.39 is 35.1 Å². The van der Waals surface area contributed by atoms with Gasteiger partial charge in [-0.25, -0.2) is 4.79 Å². The molecule has 1 aliphatic carbocycles. The summed E-state index contributed by atoms with van der Waals surface area (Å²) in [5.41, 5.74) is -1.88. The molecule has 3 amide bonds. The predicted molar refractivity (Wildman–Crippen MR) is 93.5 cm³/mol. The highest BCUT2D eigenvalue weighted by atomic mass is 19.4. The van der Waals surface area contributed by atoms with Gasteiger partial charge in [0, 0.05) is 23.7 Å². The molecule has 4 rings (SSSR count). The van der Waals surface area contributed by atoms with Crippen molar-refractivity contribution in [3.63, 3.8) is 0 Å². The SMILES string of the molecule is CC(CC1(C2CC2)NC(=O)NC1=O)C(=O)n1cc2ccc(C(F)(F)F)cc2c1. The minimum Gasteiger partial charge on any atom is -0.323 e. The molecule has 9 heteroatoms. The molecule has 2 unspecified atom stereocenters. The summed E-state index contributed by atoms with van der Waals surface area (Å²) in [5.74, 6) is -1.40. The van der Waals surface area contributed by atoms with Crippen molar-refractivity contribution in [2.45, 2.75) is 37.9 Å². The summed E-state index contributed by atoms with van der Waals surface area (Å²) in [6.45, 7) is 1.65. The second-order valence-electron chi connectivity index (χ2n) is 7.60. The van der Waals surface area contributed by atoms with Gasteiger partial charge in [-0.3, -0.25) is 19.5 Å². The van der Waals surface area contributed by atoms with Crippen LogP contribution >= 0.6 is 0 Å². The topological polar surface area (TPSA) is 80.2 Å². The smallest absolute Gasteiger partial charge is 0.323 e. The van der Waals surface area contributed by atoms with Crippen molar-refractivity contribution in [2.75, 3.05) is 0 Å². The van der Waals surface area contributed by atoms with Crippen LogP contribution in [0.15, 0.2) is 30.6 Å². The Bertz CT molecular complexity index is 993. The molecule has 2 fully saturated rings. The fraction of sp³-hybridized carbons (Fsp3) is 0.421. The molecule has 2 aromatic rings. The van der Waals surface area contributed by atoms with Crippen molar-refractivity contribution in [3.8, 4) is 0 Å². The van der Waals surface area contributed by atoms with Crippen LogP contribution < -0.4 is 10.6 Å². The fourth-order valence-electron chi connectivity index (χ4n) is 3.95. The van der Waals surface area contributed by atoms with E-state index in [4.69, 9.17) is 0 Å². The Labute approximate surface area is 158 Å². The Morgan fingerprint density at radius 3 is 2.50 bits per heavy atom. The second kappa shape index (κ2) is 6.08. The Kier molecular flexibility index (Phi) is 4.02. The summed E-state index contributed by atoms with van der Waals surface area (Å²) in [6.07, 6.45) is 0.102. The first kappa shape index (κ1) is 18.5. The van der Waals surface area contributed by atoms with Crippen molar-refractivity contribution >= 4 is 28.6 Å². The number of urea groups is 1. The van der Waals surface area contributed by atoms with Gasteiger partial charge in [0.05, 0.1) is 5.56 Å². The van der Waals surface area contributed by atoms with E-state index in [1.807, 2.05) is 0 Å². The zero-order valence-corrected chi connectivity index (χ0v) is 15.0. The van der Waals surface area contributed by atoms with E-state index in [9.17, 15) is 27.6 Å². The van der Waals surface area contributed by atoms with Crippen molar-refractivity contribution < 1.29 is 27.6 Å². The lowest BCUT2D eigenvalue weighted by Gasteiger charge is -2.28. The Morgan fingerprint density at radius 1 is 1.25 bits per heavy atom. The van der Waals surface area contributed by atoms with Crippen LogP contribution in [0, 0.1) is 11.8 Å². The molecule has 2 atom stereocenters. The third kappa shape index (κ3) is 3.04. The van der Waals surface area contributed by atoms with Crippen molar-refractivity contribution in [2.24, 2.45) is 11.8 Å². The third-order valence-electron chi connectivity index (χ3n) is 5.52. The summed E-state index contributed by atoms with van der Waals surface area (Å²) in [7, 11) is 0. The molecule has 2 aliphatic rings. The molecule has 1 saturated heterocycles. The summed E-state index contributed by atoms with van der Waals surface area (Å²) < 4.78 is 39.9. The molecule has 0 spiro atoms. The van der Waals surface area contributed by atoms with Crippen LogP contribution in [0.5, 0.6) is 0 Å². The second-order valence-corrected chi connectivity index (χ2v) is 7.60. The zero-order valence-electron chi connectivity index (χ0n) is 15.0. The maximum atomic E-state index is 12.9. The standard InChI is InChI=1S/C19H18F3N3O3/c1-10(7-18(13-4-5-13)16(27)23-17(28)24-18)15(26)25-8-11-2-3-14(19(20,21)22)6-12(11)9-25/h2-3,6,8-10,13H,4-5,7H2,1H3,(H2,23,24,27,28). The van der Waals surface area contributed by atoms with E-state index in [0.29, 0.717) is 10.8 Å². The number of carbonyl (C=O) groups is 3. The van der Waals surface area contributed by atoms with Crippen LogP contribution in [-0.2, 0) is 11.0 Å². The molecular weight excluding hydrogens is 375 g/mol. The highest BCUT2D eigenvalue weighted by Crippen LogP contribution is 2.44. The molecular formula is C19H18F3N3O3. The molecule has 1 aromatic heterocycles. The third-order valence-corrected chi connectivity index (χ3v) is 5.52. The average Bonchev–Trinajstić information content (AvgIpc) is 3.31. The summed E-state index contributed by atoms with van der Waals surface area (Å²) in [6, 6.07) is 2.73. The number of halogens is 3. The average molecular weight is 393 g/mol. The van der Waals surface area contributed by atoms with Crippen LogP contribution in [0.2, 0.25) is 0 Å². The van der Waals surface area contributed by atoms with Crippen molar-refractivity contribution in [1.29, 1.82) is 0 Å². The van der Waals surface area contributed by atoms with Crippen LogP contribution in [-0.4, -0.2) is 28.0 Å². The summed E-state index contributed by atoms with van der Waals surface area (Å²) in [5, 5.41) is 5.74. The van der Waals surface area contributed by atoms with E-state index >= 15 is 0 Å². The van der Waals surface area contributed by atoms with E-state index in [-0.39, 0.29) is 18.2 Å². The monoisotopic (exact) mass is 393 g/mol. The van der Waals surface area contributed by atoms with Crippen LogP contribution in [0.25, 0.3) is 10.8 Å². The number of benzene rings is 1. The van der Waals surface area contributed by atoms with Gasteiger partial charge in [-0.1, -0.05) is 13.0 Å². The van der Waals surface area contributed by atoms with Gasteiger partial charge in [-0.15, -0.1) is 0 Å². The van der Waals surface area contributed by atoms with E-state index in [0.717, 1.165) is 25.0 Å². The Balaban J connectivity index is 1.58. The Hall–Kier alpha value is -2.84. The molecule has 148 valence electrons.